The summed E-state index contributed by atoms with van der Waals surface area (Å²) in [6.45, 7) is 0.662. The van der Waals surface area contributed by atoms with Crippen LogP contribution in [0.5, 0.6) is 0 Å². The summed E-state index contributed by atoms with van der Waals surface area (Å²) in [5.74, 6) is 0.838. The van der Waals surface area contributed by atoms with E-state index in [9.17, 15) is 0 Å². The molecule has 80 valence electrons. The van der Waals surface area contributed by atoms with Gasteiger partial charge in [-0.1, -0.05) is 0 Å². The number of nitrogens with zero attached hydrogens (tertiary/aromatic N) is 1. The maximum atomic E-state index is 5.16. The van der Waals surface area contributed by atoms with Gasteiger partial charge in [-0.25, -0.2) is 4.98 Å². The van der Waals surface area contributed by atoms with Gasteiger partial charge in [-0.2, -0.15) is 0 Å². The second-order valence-electron chi connectivity index (χ2n) is 3.49. The van der Waals surface area contributed by atoms with E-state index in [2.05, 4.69) is 39.9 Å². The van der Waals surface area contributed by atoms with Crippen molar-refractivity contribution in [2.45, 2.75) is 6.54 Å². The van der Waals surface area contributed by atoms with E-state index in [-0.39, 0.29) is 0 Å². The first-order valence-corrected chi connectivity index (χ1v) is 5.88. The summed E-state index contributed by atoms with van der Waals surface area (Å²) in [6.07, 6.45) is 3.16. The molecular formula is C12H10N2OS. The third-order valence-electron chi connectivity index (χ3n) is 2.40. The lowest BCUT2D eigenvalue weighted by Crippen LogP contribution is -1.97. The fraction of sp³-hybridized carbons (Fsp3) is 0.0833. The van der Waals surface area contributed by atoms with Gasteiger partial charge in [-0.05, 0) is 35.0 Å². The second-order valence-corrected chi connectivity index (χ2v) is 4.44. The number of hydrogen-bond donors (Lipinski definition) is 1. The van der Waals surface area contributed by atoms with E-state index >= 15 is 0 Å². The molecule has 0 aliphatic heterocycles. The zero-order valence-electron chi connectivity index (χ0n) is 8.51. The Morgan fingerprint density at radius 1 is 1.31 bits per heavy atom. The van der Waals surface area contributed by atoms with E-state index in [1.807, 2.05) is 0 Å². The van der Waals surface area contributed by atoms with Crippen LogP contribution in [0.15, 0.2) is 46.7 Å². The van der Waals surface area contributed by atoms with Crippen LogP contribution >= 0.6 is 11.3 Å². The van der Waals surface area contributed by atoms with Gasteiger partial charge in [0.2, 0.25) is 0 Å². The van der Waals surface area contributed by atoms with Gasteiger partial charge in [-0.15, -0.1) is 11.3 Å². The molecule has 0 amide bonds. The van der Waals surface area contributed by atoms with Crippen molar-refractivity contribution in [2.24, 2.45) is 0 Å². The summed E-state index contributed by atoms with van der Waals surface area (Å²) in [4.78, 5) is 3.87. The van der Waals surface area contributed by atoms with Crippen LogP contribution in [0.2, 0.25) is 0 Å². The lowest BCUT2D eigenvalue weighted by atomic mass is 10.2. The molecular weight excluding hydrogens is 220 g/mol. The van der Waals surface area contributed by atoms with Gasteiger partial charge in [0.05, 0.1) is 12.7 Å². The first-order valence-electron chi connectivity index (χ1n) is 5.00. The number of hydrogen-bond acceptors (Lipinski definition) is 4. The Labute approximate surface area is 96.7 Å². The van der Waals surface area contributed by atoms with Crippen LogP contribution in [0.25, 0.3) is 10.1 Å². The summed E-state index contributed by atoms with van der Waals surface area (Å²) in [5, 5.41) is 6.67. The molecule has 0 saturated heterocycles. The monoisotopic (exact) mass is 230 g/mol. The van der Waals surface area contributed by atoms with E-state index in [0.717, 1.165) is 11.4 Å². The molecule has 2 aromatic heterocycles. The van der Waals surface area contributed by atoms with E-state index in [1.54, 1.807) is 17.5 Å². The second kappa shape index (κ2) is 3.98. The Bertz CT molecular complexity index is 586. The van der Waals surface area contributed by atoms with Crippen molar-refractivity contribution in [2.75, 3.05) is 5.32 Å². The smallest absolute Gasteiger partial charge is 0.180 e. The molecule has 0 bridgehead atoms. The van der Waals surface area contributed by atoms with Crippen LogP contribution in [0.1, 0.15) is 5.76 Å². The third-order valence-corrected chi connectivity index (χ3v) is 3.30. The van der Waals surface area contributed by atoms with Crippen molar-refractivity contribution in [3.63, 3.8) is 0 Å². The molecule has 3 rings (SSSR count). The van der Waals surface area contributed by atoms with Gasteiger partial charge in [-0.3, -0.25) is 0 Å². The van der Waals surface area contributed by atoms with Gasteiger partial charge in [0.1, 0.15) is 5.76 Å². The highest BCUT2D eigenvalue weighted by Crippen LogP contribution is 2.24. The van der Waals surface area contributed by atoms with Gasteiger partial charge < -0.3 is 9.73 Å². The average molecular weight is 230 g/mol. The number of rotatable bonds is 3. The van der Waals surface area contributed by atoms with Crippen LogP contribution in [0.4, 0.5) is 5.69 Å². The van der Waals surface area contributed by atoms with Gasteiger partial charge in [0, 0.05) is 10.4 Å². The van der Waals surface area contributed by atoms with Crippen LogP contribution in [-0.4, -0.2) is 4.98 Å². The topological polar surface area (TPSA) is 38.1 Å². The zero-order chi connectivity index (χ0) is 10.8. The molecule has 0 saturated carbocycles. The van der Waals surface area contributed by atoms with Crippen molar-refractivity contribution in [1.29, 1.82) is 0 Å². The summed E-state index contributed by atoms with van der Waals surface area (Å²) >= 11 is 1.76. The highest BCUT2D eigenvalue weighted by atomic mass is 32.1. The molecule has 1 N–H and O–H groups in total. The maximum absolute atomic E-state index is 5.16. The SMILES string of the molecule is c1ncc(CNc2ccc3sccc3c2)o1. The van der Waals surface area contributed by atoms with E-state index in [0.29, 0.717) is 6.54 Å². The van der Waals surface area contributed by atoms with Gasteiger partial charge in [0.25, 0.3) is 0 Å². The number of anilines is 1. The molecule has 2 heterocycles. The summed E-state index contributed by atoms with van der Waals surface area (Å²) in [5.41, 5.74) is 1.10. The molecule has 16 heavy (non-hydrogen) atoms. The molecule has 0 radical (unpaired) electrons. The zero-order valence-corrected chi connectivity index (χ0v) is 9.33. The molecule has 3 nitrogen and oxygen atoms in total. The quantitative estimate of drug-likeness (QED) is 0.748. The Hall–Kier alpha value is -1.81. The largest absolute Gasteiger partial charge is 0.447 e. The normalized spacial score (nSPS) is 10.8. The third kappa shape index (κ3) is 1.79. The predicted molar refractivity (Wildman–Crippen MR) is 65.7 cm³/mol. The summed E-state index contributed by atoms with van der Waals surface area (Å²) in [6, 6.07) is 8.47. The average Bonchev–Trinajstić information content (AvgIpc) is 2.97. The van der Waals surface area contributed by atoms with E-state index in [4.69, 9.17) is 4.42 Å². The molecule has 0 aliphatic carbocycles. The van der Waals surface area contributed by atoms with Crippen molar-refractivity contribution < 1.29 is 4.42 Å². The molecule has 0 aliphatic rings. The lowest BCUT2D eigenvalue weighted by Gasteiger charge is -2.03. The summed E-state index contributed by atoms with van der Waals surface area (Å²) < 4.78 is 6.47. The molecule has 4 heteroatoms. The maximum Gasteiger partial charge on any atom is 0.180 e. The van der Waals surface area contributed by atoms with E-state index in [1.165, 1.54) is 16.5 Å². The highest BCUT2D eigenvalue weighted by Gasteiger charge is 1.99. The van der Waals surface area contributed by atoms with Crippen molar-refractivity contribution in [3.05, 3.63) is 48.0 Å². The van der Waals surface area contributed by atoms with Gasteiger partial charge in [0.15, 0.2) is 6.39 Å². The number of benzene rings is 1. The molecule has 3 aromatic rings. The Balaban J connectivity index is 1.78. The van der Waals surface area contributed by atoms with E-state index < -0.39 is 0 Å². The minimum absolute atomic E-state index is 0.662. The van der Waals surface area contributed by atoms with Crippen molar-refractivity contribution >= 4 is 27.1 Å². The van der Waals surface area contributed by atoms with Crippen LogP contribution in [-0.2, 0) is 6.54 Å². The molecule has 1 aromatic carbocycles. The number of fused-ring (bicyclic) bond motifs is 1. The number of aromatic nitrogens is 1. The minimum Gasteiger partial charge on any atom is -0.447 e. The molecule has 0 atom stereocenters. The summed E-state index contributed by atoms with van der Waals surface area (Å²) in [7, 11) is 0. The fourth-order valence-electron chi connectivity index (χ4n) is 1.60. The van der Waals surface area contributed by atoms with Crippen LogP contribution in [0, 0.1) is 0 Å². The first-order chi connectivity index (χ1) is 7.92. The lowest BCUT2D eigenvalue weighted by molar-refractivity contribution is 0.512. The van der Waals surface area contributed by atoms with Crippen LogP contribution < -0.4 is 5.32 Å². The highest BCUT2D eigenvalue weighted by molar-refractivity contribution is 7.17. The first kappa shape index (κ1) is 9.42. The predicted octanol–water partition coefficient (Wildman–Crippen LogP) is 3.50. The Morgan fingerprint density at radius 2 is 2.31 bits per heavy atom. The fourth-order valence-corrected chi connectivity index (χ4v) is 2.37. The molecule has 0 unspecified atom stereocenters. The molecule has 0 spiro atoms. The van der Waals surface area contributed by atoms with Crippen LogP contribution in [0.3, 0.4) is 0 Å². The van der Waals surface area contributed by atoms with Gasteiger partial charge >= 0.3 is 0 Å². The number of nitrogens with one attached hydrogen (secondary N) is 1. The minimum atomic E-state index is 0.662. The number of oxazole rings is 1. The standard InChI is InChI=1S/C12H10N2OS/c1-2-12-9(3-4-16-12)5-10(1)14-7-11-6-13-8-15-11/h1-6,8,14H,7H2. The number of thiophene rings is 1. The van der Waals surface area contributed by atoms with Crippen molar-refractivity contribution in [1.82, 2.24) is 4.98 Å². The molecule has 0 fully saturated rings. The Kier molecular flexibility index (Phi) is 2.34. The van der Waals surface area contributed by atoms with Crippen molar-refractivity contribution in [3.8, 4) is 0 Å². The Morgan fingerprint density at radius 3 is 3.19 bits per heavy atom.